The molecule has 4 rings (SSSR count). The van der Waals surface area contributed by atoms with Crippen LogP contribution in [-0.4, -0.2) is 11.1 Å². The van der Waals surface area contributed by atoms with Gasteiger partial charge in [0.1, 0.15) is 0 Å². The van der Waals surface area contributed by atoms with Crippen molar-refractivity contribution < 1.29 is 9.90 Å². The Morgan fingerprint density at radius 1 is 1.19 bits per heavy atom. The fourth-order valence-electron chi connectivity index (χ4n) is 8.28. The number of hydrogen-bond acceptors (Lipinski definition) is 1. The lowest BCUT2D eigenvalue weighted by molar-refractivity contribution is -0.137. The van der Waals surface area contributed by atoms with Gasteiger partial charge in [-0.2, -0.15) is 0 Å². The quantitative estimate of drug-likeness (QED) is 0.586. The van der Waals surface area contributed by atoms with Gasteiger partial charge in [0.15, 0.2) is 0 Å². The van der Waals surface area contributed by atoms with Crippen LogP contribution in [0.25, 0.3) is 0 Å². The Bertz CT molecular complexity index is 593. The molecule has 2 heteroatoms. The van der Waals surface area contributed by atoms with Crippen molar-refractivity contribution >= 4 is 5.97 Å². The Morgan fingerprint density at radius 2 is 2.00 bits per heavy atom. The number of allylic oxidation sites excluding steroid dienone is 2. The zero-order valence-electron chi connectivity index (χ0n) is 17.1. The lowest BCUT2D eigenvalue weighted by Gasteiger charge is -2.58. The Morgan fingerprint density at radius 3 is 2.77 bits per heavy atom. The van der Waals surface area contributed by atoms with Crippen LogP contribution in [0.2, 0.25) is 0 Å². The topological polar surface area (TPSA) is 37.3 Å². The maximum Gasteiger partial charge on any atom is 0.303 e. The molecule has 0 aliphatic heterocycles. The molecule has 0 unspecified atom stereocenters. The second-order valence-corrected chi connectivity index (χ2v) is 10.6. The highest BCUT2D eigenvalue weighted by Crippen LogP contribution is 2.67. The first-order chi connectivity index (χ1) is 12.4. The molecule has 4 aliphatic carbocycles. The van der Waals surface area contributed by atoms with Gasteiger partial charge in [-0.05, 0) is 105 Å². The monoisotopic (exact) mass is 358 g/mol. The molecule has 0 aromatic rings. The summed E-state index contributed by atoms with van der Waals surface area (Å²) in [6.07, 6.45) is 16.2. The van der Waals surface area contributed by atoms with Gasteiger partial charge in [-0.15, -0.1) is 0 Å². The lowest BCUT2D eigenvalue weighted by atomic mass is 9.46. The van der Waals surface area contributed by atoms with E-state index < -0.39 is 5.97 Å². The molecule has 3 saturated carbocycles. The van der Waals surface area contributed by atoms with Crippen molar-refractivity contribution in [1.29, 1.82) is 0 Å². The van der Waals surface area contributed by atoms with Crippen molar-refractivity contribution in [3.63, 3.8) is 0 Å². The molecule has 2 nitrogen and oxygen atoms in total. The third kappa shape index (κ3) is 2.78. The smallest absolute Gasteiger partial charge is 0.303 e. The molecular weight excluding hydrogens is 320 g/mol. The summed E-state index contributed by atoms with van der Waals surface area (Å²) in [6, 6.07) is 0. The van der Waals surface area contributed by atoms with Gasteiger partial charge in [0.05, 0.1) is 0 Å². The predicted octanol–water partition coefficient (Wildman–Crippen LogP) is 6.46. The summed E-state index contributed by atoms with van der Waals surface area (Å²) >= 11 is 0. The minimum absolute atomic E-state index is 0.344. The number of carbonyl (C=O) groups is 1. The summed E-state index contributed by atoms with van der Waals surface area (Å²) < 4.78 is 0. The zero-order chi connectivity index (χ0) is 18.5. The number of hydrogen-bond donors (Lipinski definition) is 1. The normalized spacial score (nSPS) is 45.9. The summed E-state index contributed by atoms with van der Waals surface area (Å²) in [5.41, 5.74) is 2.76. The second-order valence-electron chi connectivity index (χ2n) is 10.6. The van der Waals surface area contributed by atoms with Crippen LogP contribution in [0.15, 0.2) is 11.6 Å². The van der Waals surface area contributed by atoms with Gasteiger partial charge in [0, 0.05) is 6.42 Å². The maximum absolute atomic E-state index is 11.0. The highest BCUT2D eigenvalue weighted by molar-refractivity contribution is 5.66. The molecule has 4 aliphatic rings. The van der Waals surface area contributed by atoms with Gasteiger partial charge >= 0.3 is 5.97 Å². The Balaban J connectivity index is 1.54. The van der Waals surface area contributed by atoms with Crippen molar-refractivity contribution in [2.45, 2.75) is 91.4 Å². The Kier molecular flexibility index (Phi) is 4.77. The minimum Gasteiger partial charge on any atom is -0.481 e. The Labute approximate surface area is 159 Å². The fraction of sp³-hybridized carbons (Fsp3) is 0.875. The van der Waals surface area contributed by atoms with E-state index in [0.717, 1.165) is 30.1 Å². The van der Waals surface area contributed by atoms with Crippen molar-refractivity contribution in [2.24, 2.45) is 40.4 Å². The molecule has 0 aromatic carbocycles. The van der Waals surface area contributed by atoms with Crippen LogP contribution in [0.3, 0.4) is 0 Å². The lowest BCUT2D eigenvalue weighted by Crippen LogP contribution is -2.50. The van der Waals surface area contributed by atoms with Gasteiger partial charge in [-0.1, -0.05) is 32.4 Å². The van der Waals surface area contributed by atoms with E-state index in [9.17, 15) is 4.79 Å². The second kappa shape index (κ2) is 6.67. The standard InChI is InChI=1S/C24H38O2/c1-16(7-12-22(25)26)19-10-11-20-18-9-8-17-6-4-5-14-23(17,2)21(18)13-15-24(19,20)3/h6,16,18-21H,4-5,7-15H2,1-3H3,(H,25,26)/t16-,18+,19-,20+,21+,23+,24-/m1/s1. The molecule has 3 fully saturated rings. The summed E-state index contributed by atoms with van der Waals surface area (Å²) in [4.78, 5) is 11.0. The summed E-state index contributed by atoms with van der Waals surface area (Å²) in [5, 5.41) is 9.09. The maximum atomic E-state index is 11.0. The average Bonchev–Trinajstić information content (AvgIpc) is 2.96. The van der Waals surface area contributed by atoms with Crippen molar-refractivity contribution in [3.05, 3.63) is 11.6 Å². The largest absolute Gasteiger partial charge is 0.481 e. The molecule has 0 heterocycles. The van der Waals surface area contributed by atoms with Crippen LogP contribution >= 0.6 is 0 Å². The van der Waals surface area contributed by atoms with Gasteiger partial charge in [-0.3, -0.25) is 4.79 Å². The molecule has 7 atom stereocenters. The number of fused-ring (bicyclic) bond motifs is 5. The minimum atomic E-state index is -0.628. The number of carboxylic acid groups (broad SMARTS) is 1. The third-order valence-electron chi connectivity index (χ3n) is 9.60. The SMILES string of the molecule is C[C@H](CCC(=O)O)[C@H]1CC[C@H]2[C@@H]3CCC4=CCCC[C@]4(C)[C@H]3CC[C@]12C. The highest BCUT2D eigenvalue weighted by Gasteiger charge is 2.59. The first-order valence-corrected chi connectivity index (χ1v) is 11.3. The van der Waals surface area contributed by atoms with Crippen molar-refractivity contribution in [2.75, 3.05) is 0 Å². The van der Waals surface area contributed by atoms with E-state index in [1.807, 2.05) is 0 Å². The van der Waals surface area contributed by atoms with E-state index in [1.165, 1.54) is 57.8 Å². The van der Waals surface area contributed by atoms with Crippen LogP contribution in [0.4, 0.5) is 0 Å². The molecule has 0 bridgehead atoms. The van der Waals surface area contributed by atoms with Gasteiger partial charge < -0.3 is 5.11 Å². The number of aliphatic carboxylic acids is 1. The predicted molar refractivity (Wildman–Crippen MR) is 106 cm³/mol. The Hall–Kier alpha value is -0.790. The first-order valence-electron chi connectivity index (χ1n) is 11.3. The summed E-state index contributed by atoms with van der Waals surface area (Å²) in [6.45, 7) is 7.51. The number of carboxylic acids is 1. The summed E-state index contributed by atoms with van der Waals surface area (Å²) in [7, 11) is 0. The third-order valence-corrected chi connectivity index (χ3v) is 9.60. The molecule has 1 N–H and O–H groups in total. The first kappa shape index (κ1) is 18.6. The number of rotatable bonds is 4. The molecule has 0 amide bonds. The van der Waals surface area contributed by atoms with Crippen molar-refractivity contribution in [1.82, 2.24) is 0 Å². The molecule has 146 valence electrons. The molecule has 26 heavy (non-hydrogen) atoms. The van der Waals surface area contributed by atoms with E-state index in [1.54, 1.807) is 5.57 Å². The molecule has 0 aromatic heterocycles. The molecule has 0 saturated heterocycles. The molecule has 0 spiro atoms. The van der Waals surface area contributed by atoms with Crippen LogP contribution in [-0.2, 0) is 4.79 Å². The molecule has 0 radical (unpaired) electrons. The van der Waals surface area contributed by atoms with Crippen LogP contribution in [0.5, 0.6) is 0 Å². The van der Waals surface area contributed by atoms with Gasteiger partial charge in [0.25, 0.3) is 0 Å². The van der Waals surface area contributed by atoms with E-state index in [0.29, 0.717) is 23.2 Å². The van der Waals surface area contributed by atoms with Crippen LogP contribution < -0.4 is 0 Å². The van der Waals surface area contributed by atoms with Gasteiger partial charge in [-0.25, -0.2) is 0 Å². The van der Waals surface area contributed by atoms with Crippen molar-refractivity contribution in [3.8, 4) is 0 Å². The summed E-state index contributed by atoms with van der Waals surface area (Å²) in [5.74, 6) is 3.39. The fourth-order valence-corrected chi connectivity index (χ4v) is 8.28. The van der Waals surface area contributed by atoms with E-state index >= 15 is 0 Å². The highest BCUT2D eigenvalue weighted by atomic mass is 16.4. The van der Waals surface area contributed by atoms with E-state index in [4.69, 9.17) is 5.11 Å². The van der Waals surface area contributed by atoms with Crippen LogP contribution in [0, 0.1) is 40.4 Å². The van der Waals surface area contributed by atoms with E-state index in [2.05, 4.69) is 26.8 Å². The average molecular weight is 359 g/mol. The van der Waals surface area contributed by atoms with E-state index in [-0.39, 0.29) is 0 Å². The van der Waals surface area contributed by atoms with Crippen LogP contribution in [0.1, 0.15) is 91.4 Å². The molecular formula is C24H38O2. The zero-order valence-corrected chi connectivity index (χ0v) is 17.1. The van der Waals surface area contributed by atoms with Gasteiger partial charge in [0.2, 0.25) is 0 Å².